The van der Waals surface area contributed by atoms with Gasteiger partial charge in [0.05, 0.1) is 17.7 Å². The summed E-state index contributed by atoms with van der Waals surface area (Å²) in [6.07, 6.45) is 1.58. The van der Waals surface area contributed by atoms with Crippen molar-refractivity contribution in [1.82, 2.24) is 0 Å². The summed E-state index contributed by atoms with van der Waals surface area (Å²) in [4.78, 5) is 13.0. The third-order valence-electron chi connectivity index (χ3n) is 5.46. The molecular formula is C25H17ClF2O5. The van der Waals surface area contributed by atoms with E-state index >= 15 is 0 Å². The molecule has 0 radical (unpaired) electrons. The molecule has 0 unspecified atom stereocenters. The summed E-state index contributed by atoms with van der Waals surface area (Å²) in [5, 5.41) is 0.477. The van der Waals surface area contributed by atoms with Gasteiger partial charge in [0, 0.05) is 21.7 Å². The Morgan fingerprint density at radius 2 is 1.91 bits per heavy atom. The lowest BCUT2D eigenvalue weighted by molar-refractivity contribution is -0.0165. The summed E-state index contributed by atoms with van der Waals surface area (Å²) in [7, 11) is 0. The van der Waals surface area contributed by atoms with Gasteiger partial charge in [-0.05, 0) is 49.4 Å². The van der Waals surface area contributed by atoms with Crippen LogP contribution in [-0.4, -0.2) is 12.6 Å². The first-order chi connectivity index (χ1) is 15.9. The number of carbonyl (C=O) groups is 1. The van der Waals surface area contributed by atoms with Gasteiger partial charge < -0.3 is 18.9 Å². The highest BCUT2D eigenvalue weighted by Gasteiger charge is 2.31. The molecule has 5 rings (SSSR count). The van der Waals surface area contributed by atoms with Gasteiger partial charge in [-0.15, -0.1) is 0 Å². The zero-order valence-corrected chi connectivity index (χ0v) is 18.2. The lowest BCUT2D eigenvalue weighted by Gasteiger charge is -2.20. The highest BCUT2D eigenvalue weighted by atomic mass is 35.5. The van der Waals surface area contributed by atoms with Crippen LogP contribution in [-0.2, 0) is 18.0 Å². The molecule has 0 spiro atoms. The normalized spacial score (nSPS) is 15.6. The first kappa shape index (κ1) is 21.4. The predicted molar refractivity (Wildman–Crippen MR) is 117 cm³/mol. The van der Waals surface area contributed by atoms with Crippen molar-refractivity contribution in [3.05, 3.63) is 92.7 Å². The summed E-state index contributed by atoms with van der Waals surface area (Å²) in [5.74, 6) is -0.321. The van der Waals surface area contributed by atoms with Crippen LogP contribution in [0.25, 0.3) is 6.08 Å². The summed E-state index contributed by atoms with van der Waals surface area (Å²) in [6.45, 7) is 1.86. The fraction of sp³-hybridized carbons (Fsp3) is 0.160. The van der Waals surface area contributed by atoms with Gasteiger partial charge in [0.1, 0.15) is 35.5 Å². The molecule has 0 atom stereocenters. The van der Waals surface area contributed by atoms with Crippen molar-refractivity contribution in [2.75, 3.05) is 6.79 Å². The topological polar surface area (TPSA) is 54.0 Å². The molecule has 0 saturated carbocycles. The van der Waals surface area contributed by atoms with Gasteiger partial charge in [0.2, 0.25) is 5.78 Å². The highest BCUT2D eigenvalue weighted by molar-refractivity contribution is 6.31. The average Bonchev–Trinajstić information content (AvgIpc) is 3.11. The fourth-order valence-electron chi connectivity index (χ4n) is 3.80. The number of ketones is 1. The molecule has 33 heavy (non-hydrogen) atoms. The van der Waals surface area contributed by atoms with Crippen molar-refractivity contribution in [2.24, 2.45) is 0 Å². The monoisotopic (exact) mass is 470 g/mol. The molecule has 3 aromatic carbocycles. The SMILES string of the molecule is Cc1c(OCc2c(F)cccc2F)ccc2c1O/C(=C\c1cc(Cl)cc3c1OCOC3)C2=O. The molecule has 0 N–H and O–H groups in total. The maximum absolute atomic E-state index is 13.9. The van der Waals surface area contributed by atoms with E-state index in [0.29, 0.717) is 45.6 Å². The van der Waals surface area contributed by atoms with E-state index in [0.717, 1.165) is 5.56 Å². The number of fused-ring (bicyclic) bond motifs is 2. The number of benzene rings is 3. The number of Topliss-reactive ketones (excluding diaryl/α,β-unsaturated/α-hetero) is 1. The van der Waals surface area contributed by atoms with E-state index in [1.54, 1.807) is 37.3 Å². The van der Waals surface area contributed by atoms with Crippen LogP contribution in [0.3, 0.4) is 0 Å². The Morgan fingerprint density at radius 3 is 2.70 bits per heavy atom. The van der Waals surface area contributed by atoms with Crippen LogP contribution in [0.15, 0.2) is 48.2 Å². The highest BCUT2D eigenvalue weighted by Crippen LogP contribution is 2.41. The number of hydrogen-bond acceptors (Lipinski definition) is 5. The molecule has 0 aromatic heterocycles. The summed E-state index contributed by atoms with van der Waals surface area (Å²) < 4.78 is 50.2. The first-order valence-corrected chi connectivity index (χ1v) is 10.5. The van der Waals surface area contributed by atoms with Crippen molar-refractivity contribution >= 4 is 23.5 Å². The van der Waals surface area contributed by atoms with Crippen LogP contribution in [0, 0.1) is 18.6 Å². The number of carbonyl (C=O) groups excluding carboxylic acids is 1. The molecular weight excluding hydrogens is 454 g/mol. The van der Waals surface area contributed by atoms with Crippen molar-refractivity contribution in [3.8, 4) is 17.2 Å². The van der Waals surface area contributed by atoms with Crippen molar-refractivity contribution in [3.63, 3.8) is 0 Å². The lowest BCUT2D eigenvalue weighted by Crippen LogP contribution is -2.12. The van der Waals surface area contributed by atoms with E-state index in [2.05, 4.69) is 0 Å². The van der Waals surface area contributed by atoms with Gasteiger partial charge in [-0.25, -0.2) is 8.78 Å². The summed E-state index contributed by atoms with van der Waals surface area (Å²) in [6, 6.07) is 10.2. The maximum atomic E-state index is 13.9. The summed E-state index contributed by atoms with van der Waals surface area (Å²) in [5.41, 5.74) is 2.10. The molecule has 2 aliphatic rings. The minimum Gasteiger partial charge on any atom is -0.488 e. The van der Waals surface area contributed by atoms with Crippen molar-refractivity contribution in [2.45, 2.75) is 20.1 Å². The van der Waals surface area contributed by atoms with Crippen LogP contribution in [0.5, 0.6) is 17.2 Å². The first-order valence-electron chi connectivity index (χ1n) is 10.1. The smallest absolute Gasteiger partial charge is 0.231 e. The molecule has 5 nitrogen and oxygen atoms in total. The Morgan fingerprint density at radius 1 is 1.12 bits per heavy atom. The molecule has 0 amide bonds. The number of hydrogen-bond donors (Lipinski definition) is 0. The largest absolute Gasteiger partial charge is 0.488 e. The van der Waals surface area contributed by atoms with E-state index in [4.69, 9.17) is 30.5 Å². The Kier molecular flexibility index (Phi) is 5.52. The number of allylic oxidation sites excluding steroid dienone is 1. The minimum absolute atomic E-state index is 0.0994. The van der Waals surface area contributed by atoms with E-state index in [9.17, 15) is 13.6 Å². The van der Waals surface area contributed by atoms with E-state index in [-0.39, 0.29) is 30.5 Å². The summed E-state index contributed by atoms with van der Waals surface area (Å²) >= 11 is 6.21. The Balaban J connectivity index is 1.44. The van der Waals surface area contributed by atoms with E-state index in [1.165, 1.54) is 18.2 Å². The van der Waals surface area contributed by atoms with E-state index in [1.807, 2.05) is 0 Å². The maximum Gasteiger partial charge on any atom is 0.231 e. The standard InChI is InChI=1S/C25H17ClF2O5/c1-13-21(31-11-18-19(27)3-2-4-20(18)28)6-5-17-23(29)22(33-24(13)17)9-14-7-16(26)8-15-10-30-12-32-25(14)15/h2-9H,10-12H2,1H3/b22-9-. The third-order valence-corrected chi connectivity index (χ3v) is 5.68. The van der Waals surface area contributed by atoms with Gasteiger partial charge in [-0.1, -0.05) is 17.7 Å². The molecule has 0 bridgehead atoms. The molecule has 0 saturated heterocycles. The van der Waals surface area contributed by atoms with Crippen molar-refractivity contribution < 1.29 is 32.5 Å². The van der Waals surface area contributed by atoms with Gasteiger partial charge in [-0.2, -0.15) is 0 Å². The zero-order valence-electron chi connectivity index (χ0n) is 17.4. The van der Waals surface area contributed by atoms with Gasteiger partial charge >= 0.3 is 0 Å². The third kappa shape index (κ3) is 3.94. The van der Waals surface area contributed by atoms with Gasteiger partial charge in [-0.3, -0.25) is 4.79 Å². The van der Waals surface area contributed by atoms with Crippen molar-refractivity contribution in [1.29, 1.82) is 0 Å². The predicted octanol–water partition coefficient (Wildman–Crippen LogP) is 5.99. The van der Waals surface area contributed by atoms with Gasteiger partial charge in [0.25, 0.3) is 0 Å². The number of halogens is 3. The lowest BCUT2D eigenvalue weighted by atomic mass is 10.0. The molecule has 2 aliphatic heterocycles. The second kappa shape index (κ2) is 8.50. The molecule has 3 aromatic rings. The second-order valence-electron chi connectivity index (χ2n) is 7.59. The molecule has 8 heteroatoms. The van der Waals surface area contributed by atoms with E-state index < -0.39 is 11.6 Å². The van der Waals surface area contributed by atoms with Crippen LogP contribution in [0.1, 0.15) is 32.6 Å². The molecule has 0 aliphatic carbocycles. The Hall–Kier alpha value is -3.42. The fourth-order valence-corrected chi connectivity index (χ4v) is 4.05. The van der Waals surface area contributed by atoms with Crippen LogP contribution < -0.4 is 14.2 Å². The quantitative estimate of drug-likeness (QED) is 0.438. The minimum atomic E-state index is -0.692. The average molecular weight is 471 g/mol. The van der Waals surface area contributed by atoms with Crippen LogP contribution >= 0.6 is 11.6 Å². The molecule has 2 heterocycles. The number of rotatable bonds is 4. The second-order valence-corrected chi connectivity index (χ2v) is 8.02. The number of ether oxygens (including phenoxy) is 4. The molecule has 0 fully saturated rings. The zero-order chi connectivity index (χ0) is 23.1. The Bertz CT molecular complexity index is 1300. The molecule has 168 valence electrons. The Labute approximate surface area is 193 Å². The van der Waals surface area contributed by atoms with Crippen LogP contribution in [0.4, 0.5) is 8.78 Å². The van der Waals surface area contributed by atoms with Crippen LogP contribution in [0.2, 0.25) is 5.02 Å². The van der Waals surface area contributed by atoms with Gasteiger partial charge in [0.15, 0.2) is 12.6 Å².